The lowest BCUT2D eigenvalue weighted by atomic mass is 10.2. The molecule has 0 radical (unpaired) electrons. The third-order valence-corrected chi connectivity index (χ3v) is 6.00. The van der Waals surface area contributed by atoms with Crippen LogP contribution in [0.5, 0.6) is 0 Å². The zero-order valence-electron chi connectivity index (χ0n) is 13.8. The van der Waals surface area contributed by atoms with E-state index in [2.05, 4.69) is 5.32 Å². The molecular weight excluding hydrogens is 340 g/mol. The van der Waals surface area contributed by atoms with Gasteiger partial charge in [0.05, 0.1) is 5.02 Å². The molecular formula is C15H23ClN2O4S. The van der Waals surface area contributed by atoms with Gasteiger partial charge in [-0.25, -0.2) is 8.42 Å². The molecule has 1 amide bonds. The number of ether oxygens (including phenoxy) is 1. The molecule has 1 N–H and O–H groups in total. The summed E-state index contributed by atoms with van der Waals surface area (Å²) in [4.78, 5) is 12.0. The number of nitrogens with one attached hydrogen (secondary N) is 1. The fourth-order valence-corrected chi connectivity index (χ4v) is 4.12. The van der Waals surface area contributed by atoms with Crippen LogP contribution < -0.4 is 5.32 Å². The molecule has 8 heteroatoms. The van der Waals surface area contributed by atoms with E-state index in [-0.39, 0.29) is 15.8 Å². The summed E-state index contributed by atoms with van der Waals surface area (Å²) in [7, 11) is -2.25. The maximum Gasteiger partial charge on any atom is 0.253 e. The van der Waals surface area contributed by atoms with Gasteiger partial charge in [-0.1, -0.05) is 32.4 Å². The number of hydrogen-bond donors (Lipinski definition) is 1. The molecule has 1 aromatic rings. The van der Waals surface area contributed by atoms with Gasteiger partial charge < -0.3 is 10.1 Å². The number of amides is 1. The van der Waals surface area contributed by atoms with Crippen LogP contribution in [-0.4, -0.2) is 44.9 Å². The van der Waals surface area contributed by atoms with E-state index < -0.39 is 16.1 Å². The third kappa shape index (κ3) is 4.67. The van der Waals surface area contributed by atoms with Gasteiger partial charge in [0.1, 0.15) is 11.0 Å². The Morgan fingerprint density at radius 3 is 2.39 bits per heavy atom. The molecule has 1 rings (SSSR count). The lowest BCUT2D eigenvalue weighted by Crippen LogP contribution is -2.31. The Bertz CT molecular complexity index is 641. The first kappa shape index (κ1) is 19.9. The summed E-state index contributed by atoms with van der Waals surface area (Å²) in [5.74, 6) is -0.330. The molecule has 23 heavy (non-hydrogen) atoms. The lowest BCUT2D eigenvalue weighted by molar-refractivity contribution is -0.125. The summed E-state index contributed by atoms with van der Waals surface area (Å²) in [6, 6.07) is 4.39. The van der Waals surface area contributed by atoms with Gasteiger partial charge in [0.15, 0.2) is 0 Å². The summed E-state index contributed by atoms with van der Waals surface area (Å²) in [6.45, 7) is 6.02. The maximum atomic E-state index is 12.6. The van der Waals surface area contributed by atoms with Crippen LogP contribution in [0.2, 0.25) is 5.02 Å². The Morgan fingerprint density at radius 1 is 1.30 bits per heavy atom. The van der Waals surface area contributed by atoms with Crippen LogP contribution in [0.4, 0.5) is 5.69 Å². The molecule has 0 aromatic heterocycles. The monoisotopic (exact) mass is 362 g/mol. The van der Waals surface area contributed by atoms with Gasteiger partial charge >= 0.3 is 0 Å². The minimum atomic E-state index is -3.70. The van der Waals surface area contributed by atoms with Crippen molar-refractivity contribution in [3.05, 3.63) is 23.2 Å². The normalized spacial score (nSPS) is 13.1. The predicted molar refractivity (Wildman–Crippen MR) is 91.3 cm³/mol. The van der Waals surface area contributed by atoms with Gasteiger partial charge in [0, 0.05) is 25.9 Å². The first-order valence-electron chi connectivity index (χ1n) is 7.45. The molecule has 1 unspecified atom stereocenters. The molecule has 0 saturated heterocycles. The van der Waals surface area contributed by atoms with E-state index in [0.29, 0.717) is 25.2 Å². The molecule has 0 spiro atoms. The predicted octanol–water partition coefficient (Wildman–Crippen LogP) is 2.73. The Morgan fingerprint density at radius 2 is 1.91 bits per heavy atom. The minimum Gasteiger partial charge on any atom is -0.372 e. The Kier molecular flexibility index (Phi) is 7.47. The van der Waals surface area contributed by atoms with E-state index in [9.17, 15) is 13.2 Å². The average molecular weight is 363 g/mol. The quantitative estimate of drug-likeness (QED) is 0.771. The van der Waals surface area contributed by atoms with E-state index in [0.717, 1.165) is 0 Å². The van der Waals surface area contributed by atoms with E-state index in [4.69, 9.17) is 16.3 Å². The molecule has 0 fully saturated rings. The first-order chi connectivity index (χ1) is 10.8. The Labute approximate surface area is 142 Å². The van der Waals surface area contributed by atoms with Crippen molar-refractivity contribution >= 4 is 33.2 Å². The van der Waals surface area contributed by atoms with Crippen LogP contribution in [0, 0.1) is 0 Å². The van der Waals surface area contributed by atoms with Crippen molar-refractivity contribution in [1.29, 1.82) is 0 Å². The number of methoxy groups -OCH3 is 1. The van der Waals surface area contributed by atoms with Crippen LogP contribution in [0.15, 0.2) is 23.1 Å². The van der Waals surface area contributed by atoms with Crippen molar-refractivity contribution in [2.45, 2.75) is 38.2 Å². The maximum absolute atomic E-state index is 12.6. The summed E-state index contributed by atoms with van der Waals surface area (Å²) < 4.78 is 31.6. The largest absolute Gasteiger partial charge is 0.372 e. The van der Waals surface area contributed by atoms with Crippen LogP contribution in [0.1, 0.15) is 27.2 Å². The van der Waals surface area contributed by atoms with Crippen molar-refractivity contribution in [3.8, 4) is 0 Å². The van der Waals surface area contributed by atoms with Crippen molar-refractivity contribution in [2.24, 2.45) is 0 Å². The van der Waals surface area contributed by atoms with Crippen LogP contribution in [-0.2, 0) is 19.6 Å². The van der Waals surface area contributed by atoms with Crippen LogP contribution in [0.3, 0.4) is 0 Å². The van der Waals surface area contributed by atoms with Crippen LogP contribution in [0.25, 0.3) is 0 Å². The Balaban J connectivity index is 3.16. The van der Waals surface area contributed by atoms with Crippen molar-refractivity contribution in [1.82, 2.24) is 4.31 Å². The van der Waals surface area contributed by atoms with Crippen molar-refractivity contribution in [2.75, 3.05) is 25.5 Å². The second-order valence-electron chi connectivity index (χ2n) is 4.86. The minimum absolute atomic E-state index is 0.0221. The Hall–Kier alpha value is -1.15. The second kappa shape index (κ2) is 8.63. The molecule has 0 aliphatic rings. The molecule has 6 nitrogen and oxygen atoms in total. The summed E-state index contributed by atoms with van der Waals surface area (Å²) in [5.41, 5.74) is 0.362. The van der Waals surface area contributed by atoms with E-state index >= 15 is 0 Å². The number of nitrogens with zero attached hydrogens (tertiary/aromatic N) is 1. The molecule has 0 heterocycles. The topological polar surface area (TPSA) is 75.7 Å². The van der Waals surface area contributed by atoms with E-state index in [1.807, 2.05) is 6.92 Å². The number of benzene rings is 1. The molecule has 0 saturated carbocycles. The molecule has 1 atom stereocenters. The highest BCUT2D eigenvalue weighted by molar-refractivity contribution is 7.89. The number of anilines is 1. The number of carbonyl (C=O) groups is 1. The highest BCUT2D eigenvalue weighted by Gasteiger charge is 2.25. The average Bonchev–Trinajstić information content (AvgIpc) is 2.51. The van der Waals surface area contributed by atoms with Crippen molar-refractivity contribution < 1.29 is 17.9 Å². The van der Waals surface area contributed by atoms with Gasteiger partial charge in [-0.2, -0.15) is 4.31 Å². The molecule has 0 aliphatic carbocycles. The smallest absolute Gasteiger partial charge is 0.253 e. The number of hydrogen-bond acceptors (Lipinski definition) is 4. The van der Waals surface area contributed by atoms with Gasteiger partial charge in [0.25, 0.3) is 5.91 Å². The van der Waals surface area contributed by atoms with Gasteiger partial charge in [-0.3, -0.25) is 4.79 Å². The highest BCUT2D eigenvalue weighted by atomic mass is 35.5. The second-order valence-corrected chi connectivity index (χ2v) is 7.17. The standard InChI is InChI=1S/C15H23ClN2O4S/c1-5-13(22-4)15(19)17-11-8-9-12(16)14(10-11)23(20,21)18(6-2)7-3/h8-10,13H,5-7H2,1-4H3,(H,17,19). The van der Waals surface area contributed by atoms with Gasteiger partial charge in [-0.05, 0) is 24.6 Å². The van der Waals surface area contributed by atoms with Crippen molar-refractivity contribution in [3.63, 3.8) is 0 Å². The number of sulfonamides is 1. The number of rotatable bonds is 8. The summed E-state index contributed by atoms with van der Waals surface area (Å²) in [6.07, 6.45) is -0.0749. The summed E-state index contributed by atoms with van der Waals surface area (Å²) >= 11 is 6.05. The zero-order chi connectivity index (χ0) is 17.6. The SMILES string of the molecule is CCC(OC)C(=O)Nc1ccc(Cl)c(S(=O)(=O)N(CC)CC)c1. The molecule has 1 aromatic carbocycles. The van der Waals surface area contributed by atoms with Crippen LogP contribution >= 0.6 is 11.6 Å². The van der Waals surface area contributed by atoms with E-state index in [1.54, 1.807) is 19.9 Å². The lowest BCUT2D eigenvalue weighted by Gasteiger charge is -2.20. The number of carbonyl (C=O) groups excluding carboxylic acids is 1. The zero-order valence-corrected chi connectivity index (χ0v) is 15.4. The first-order valence-corrected chi connectivity index (χ1v) is 9.26. The van der Waals surface area contributed by atoms with E-state index in [1.165, 1.54) is 23.5 Å². The van der Waals surface area contributed by atoms with Gasteiger partial charge in [0.2, 0.25) is 10.0 Å². The number of halogens is 1. The molecule has 0 aliphatic heterocycles. The third-order valence-electron chi connectivity index (χ3n) is 3.47. The molecule has 0 bridgehead atoms. The highest BCUT2D eigenvalue weighted by Crippen LogP contribution is 2.28. The fourth-order valence-electron chi connectivity index (χ4n) is 2.16. The fraction of sp³-hybridized carbons (Fsp3) is 0.533. The molecule has 130 valence electrons. The van der Waals surface area contributed by atoms with Gasteiger partial charge in [-0.15, -0.1) is 0 Å². The summed E-state index contributed by atoms with van der Waals surface area (Å²) in [5, 5.41) is 2.77.